The minimum Gasteiger partial charge on any atom is -0.444 e. The number of piperidine rings is 1. The van der Waals surface area contributed by atoms with Crippen molar-refractivity contribution >= 4 is 34.5 Å². The number of nitrogen functional groups attached to an aromatic ring is 1. The van der Waals surface area contributed by atoms with Crippen LogP contribution in [0.1, 0.15) is 92.2 Å². The van der Waals surface area contributed by atoms with Gasteiger partial charge in [-0.3, -0.25) is 9.69 Å². The first-order valence-corrected chi connectivity index (χ1v) is 17.0. The molecule has 46 heavy (non-hydrogen) atoms. The normalized spacial score (nSPS) is 24.2. The minimum atomic E-state index is -0.653. The number of hydrogen-bond donors (Lipinski definition) is 1. The van der Waals surface area contributed by atoms with Gasteiger partial charge < -0.3 is 24.8 Å². The molecule has 0 atom stereocenters. The van der Waals surface area contributed by atoms with Crippen LogP contribution in [-0.4, -0.2) is 80.2 Å². The van der Waals surface area contributed by atoms with Gasteiger partial charge in [0.25, 0.3) is 0 Å². The van der Waals surface area contributed by atoms with Gasteiger partial charge in [-0.1, -0.05) is 26.0 Å². The zero-order valence-electron chi connectivity index (χ0n) is 28.5. The number of amides is 2. The van der Waals surface area contributed by atoms with Crippen LogP contribution in [0.25, 0.3) is 22.3 Å². The van der Waals surface area contributed by atoms with E-state index in [-0.39, 0.29) is 24.1 Å². The summed E-state index contributed by atoms with van der Waals surface area (Å²) < 4.78 is 7.72. The second kappa shape index (κ2) is 10.7. The lowest BCUT2D eigenvalue weighted by Crippen LogP contribution is -2.58. The second-order valence-corrected chi connectivity index (χ2v) is 16.1. The first-order chi connectivity index (χ1) is 21.7. The van der Waals surface area contributed by atoms with Crippen molar-refractivity contribution in [3.05, 3.63) is 36.2 Å². The Morgan fingerprint density at radius 3 is 2.39 bits per heavy atom. The summed E-state index contributed by atoms with van der Waals surface area (Å²) in [5.74, 6) is 0.626. The van der Waals surface area contributed by atoms with Crippen molar-refractivity contribution in [2.75, 3.05) is 36.8 Å². The Morgan fingerprint density at radius 2 is 1.76 bits per heavy atom. The molecule has 7 rings (SSSR count). The third-order valence-corrected chi connectivity index (χ3v) is 10.8. The summed E-state index contributed by atoms with van der Waals surface area (Å²) in [4.78, 5) is 43.6. The van der Waals surface area contributed by atoms with E-state index in [1.807, 2.05) is 37.7 Å². The van der Waals surface area contributed by atoms with Crippen molar-refractivity contribution in [1.29, 1.82) is 0 Å². The topological polar surface area (TPSA) is 110 Å². The Morgan fingerprint density at radius 1 is 1.04 bits per heavy atom. The van der Waals surface area contributed by atoms with Crippen molar-refractivity contribution in [2.45, 2.75) is 110 Å². The molecule has 10 heteroatoms. The molecule has 3 aliphatic heterocycles. The molecule has 0 bridgehead atoms. The number of nitrogens with two attached hydrogens (primary N) is 1. The molecule has 10 nitrogen and oxygen atoms in total. The summed E-state index contributed by atoms with van der Waals surface area (Å²) in [6, 6.07) is 9.21. The number of aromatic nitrogens is 3. The number of carbonyl (C=O) groups excluding carboxylic acids is 2. The number of ether oxygens (including phenoxy) is 1. The predicted octanol–water partition coefficient (Wildman–Crippen LogP) is 6.14. The van der Waals surface area contributed by atoms with E-state index in [0.29, 0.717) is 43.2 Å². The molecule has 3 fully saturated rings. The summed E-state index contributed by atoms with van der Waals surface area (Å²) in [6.07, 6.45) is 5.85. The standard InChI is InChI=1S/C36H49N7O3/c1-22(2)42-21-38-28-19-27(39-31(37)30(28)42)23-8-9-26-29(16-23)43(25-17-24(18-25)41-13-10-35(6,7)20-41)32(44)36(26)11-14-40(15-12-36)33(45)46-34(3,4)5/h8-9,16,19,21-22,24-25H,10-15,17-18,20H2,1-7H3,(H2,37,39)/t24-,25+. The van der Waals surface area contributed by atoms with Crippen LogP contribution in [0.2, 0.25) is 0 Å². The molecule has 1 saturated carbocycles. The Balaban J connectivity index is 1.21. The Hall–Kier alpha value is -3.66. The van der Waals surface area contributed by atoms with Crippen molar-refractivity contribution in [1.82, 2.24) is 24.3 Å². The van der Waals surface area contributed by atoms with E-state index < -0.39 is 11.0 Å². The summed E-state index contributed by atoms with van der Waals surface area (Å²) in [6.45, 7) is 17.8. The summed E-state index contributed by atoms with van der Waals surface area (Å²) in [5.41, 5.74) is 11.0. The third kappa shape index (κ3) is 5.13. The van der Waals surface area contributed by atoms with E-state index in [9.17, 15) is 9.59 Å². The van der Waals surface area contributed by atoms with Gasteiger partial charge in [0.05, 0.1) is 23.0 Å². The van der Waals surface area contributed by atoms with Crippen molar-refractivity contribution in [3.63, 3.8) is 0 Å². The number of anilines is 2. The molecular weight excluding hydrogens is 578 g/mol. The monoisotopic (exact) mass is 627 g/mol. The third-order valence-electron chi connectivity index (χ3n) is 10.8. The molecule has 3 aromatic rings. The van der Waals surface area contributed by atoms with Gasteiger partial charge >= 0.3 is 6.09 Å². The highest BCUT2D eigenvalue weighted by Crippen LogP contribution is 2.52. The number of likely N-dealkylation sites (tertiary alicyclic amines) is 2. The van der Waals surface area contributed by atoms with Gasteiger partial charge in [0.2, 0.25) is 5.91 Å². The molecule has 2 amide bonds. The van der Waals surface area contributed by atoms with Crippen molar-refractivity contribution < 1.29 is 14.3 Å². The molecule has 1 spiro atoms. The van der Waals surface area contributed by atoms with Crippen LogP contribution in [0.4, 0.5) is 16.3 Å². The van der Waals surface area contributed by atoms with Gasteiger partial charge in [-0.05, 0) is 96.4 Å². The zero-order valence-corrected chi connectivity index (χ0v) is 28.5. The van der Waals surface area contributed by atoms with Crippen LogP contribution in [0, 0.1) is 5.41 Å². The highest BCUT2D eigenvalue weighted by Gasteiger charge is 2.56. The number of fused-ring (bicyclic) bond motifs is 3. The number of nitrogens with zero attached hydrogens (tertiary/aromatic N) is 6. The fraction of sp³-hybridized carbons (Fsp3) is 0.611. The SMILES string of the molecule is CC(C)n1cnc2cc(-c3ccc4c(c3)N([C@H]3C[C@@H](N5CCC(C)(C)C5)C3)C(=O)C43CCN(C(=O)OC(C)(C)C)CC3)nc(N)c21. The van der Waals surface area contributed by atoms with Gasteiger partial charge in [-0.25, -0.2) is 14.8 Å². The van der Waals surface area contributed by atoms with Gasteiger partial charge in [-0.15, -0.1) is 0 Å². The Labute approximate surface area is 272 Å². The number of pyridine rings is 1. The van der Waals surface area contributed by atoms with E-state index >= 15 is 0 Å². The number of imidazole rings is 1. The molecule has 0 unspecified atom stereocenters. The molecule has 2 saturated heterocycles. The molecular formula is C36H49N7O3. The fourth-order valence-electron chi connectivity index (χ4n) is 8.16. The van der Waals surface area contributed by atoms with E-state index in [4.69, 9.17) is 15.5 Å². The lowest BCUT2D eigenvalue weighted by molar-refractivity contribution is -0.126. The lowest BCUT2D eigenvalue weighted by atomic mass is 9.73. The van der Waals surface area contributed by atoms with E-state index in [1.165, 1.54) is 6.42 Å². The maximum atomic E-state index is 14.7. The van der Waals surface area contributed by atoms with E-state index in [0.717, 1.165) is 59.5 Å². The average Bonchev–Trinajstić information content (AvgIpc) is 3.61. The lowest BCUT2D eigenvalue weighted by Gasteiger charge is -2.46. The van der Waals surface area contributed by atoms with Gasteiger partial charge in [0.15, 0.2) is 0 Å². The highest BCUT2D eigenvalue weighted by molar-refractivity contribution is 6.09. The van der Waals surface area contributed by atoms with Gasteiger partial charge in [0.1, 0.15) is 16.9 Å². The van der Waals surface area contributed by atoms with Crippen LogP contribution in [-0.2, 0) is 14.9 Å². The van der Waals surface area contributed by atoms with Crippen LogP contribution in [0.15, 0.2) is 30.6 Å². The number of rotatable bonds is 4. The largest absolute Gasteiger partial charge is 0.444 e. The van der Waals surface area contributed by atoms with Crippen LogP contribution in [0.5, 0.6) is 0 Å². The molecule has 1 aromatic carbocycles. The maximum absolute atomic E-state index is 14.7. The molecule has 5 heterocycles. The number of benzene rings is 1. The summed E-state index contributed by atoms with van der Waals surface area (Å²) in [5, 5.41) is 0. The molecule has 1 aliphatic carbocycles. The minimum absolute atomic E-state index is 0.153. The second-order valence-electron chi connectivity index (χ2n) is 16.1. The van der Waals surface area contributed by atoms with Gasteiger partial charge in [-0.2, -0.15) is 0 Å². The van der Waals surface area contributed by atoms with Gasteiger partial charge in [0, 0.05) is 49.0 Å². The van der Waals surface area contributed by atoms with Crippen LogP contribution >= 0.6 is 0 Å². The first kappa shape index (κ1) is 31.0. The number of hydrogen-bond acceptors (Lipinski definition) is 7. The molecule has 0 radical (unpaired) electrons. The van der Waals surface area contributed by atoms with Crippen molar-refractivity contribution in [2.24, 2.45) is 5.41 Å². The van der Waals surface area contributed by atoms with E-state index in [2.05, 4.69) is 60.7 Å². The zero-order chi connectivity index (χ0) is 32.8. The first-order valence-electron chi connectivity index (χ1n) is 17.0. The maximum Gasteiger partial charge on any atom is 0.410 e. The Bertz CT molecular complexity index is 1690. The molecule has 2 N–H and O–H groups in total. The molecule has 4 aliphatic rings. The fourth-order valence-corrected chi connectivity index (χ4v) is 8.16. The Kier molecular flexibility index (Phi) is 7.19. The van der Waals surface area contributed by atoms with Crippen molar-refractivity contribution in [3.8, 4) is 11.3 Å². The van der Waals surface area contributed by atoms with Crippen LogP contribution < -0.4 is 10.6 Å². The average molecular weight is 628 g/mol. The van der Waals surface area contributed by atoms with E-state index in [1.54, 1.807) is 4.90 Å². The summed E-state index contributed by atoms with van der Waals surface area (Å²) in [7, 11) is 0. The number of carbonyl (C=O) groups is 2. The van der Waals surface area contributed by atoms with Crippen LogP contribution in [0.3, 0.4) is 0 Å². The summed E-state index contributed by atoms with van der Waals surface area (Å²) >= 11 is 0. The molecule has 2 aromatic heterocycles. The predicted molar refractivity (Wildman–Crippen MR) is 181 cm³/mol. The molecule has 246 valence electrons. The smallest absolute Gasteiger partial charge is 0.410 e. The quantitative estimate of drug-likeness (QED) is 0.370. The highest BCUT2D eigenvalue weighted by atomic mass is 16.6.